The van der Waals surface area contributed by atoms with Gasteiger partial charge in [-0.3, -0.25) is 0 Å². The van der Waals surface area contributed by atoms with Crippen molar-refractivity contribution in [2.24, 2.45) is 0 Å². The Morgan fingerprint density at radius 1 is 1.33 bits per heavy atom. The number of aryl methyl sites for hydroxylation is 1. The van der Waals surface area contributed by atoms with Gasteiger partial charge in [0.1, 0.15) is 0 Å². The van der Waals surface area contributed by atoms with E-state index in [9.17, 15) is 0 Å². The topological polar surface area (TPSA) is 0 Å². The monoisotopic (exact) mass is 352 g/mol. The molecule has 2 aromatic rings. The van der Waals surface area contributed by atoms with Gasteiger partial charge in [-0.05, 0) is 69.0 Å². The van der Waals surface area contributed by atoms with E-state index >= 15 is 0 Å². The second kappa shape index (κ2) is 3.27. The number of benzene rings is 1. The predicted molar refractivity (Wildman–Crippen MR) is 67.0 cm³/mol. The molecule has 0 spiro atoms. The number of thiophene rings is 1. The Balaban J connectivity index is 2.88. The van der Waals surface area contributed by atoms with Crippen LogP contribution in [0.1, 0.15) is 4.88 Å². The number of rotatable bonds is 0. The molecule has 3 heteroatoms. The minimum atomic E-state index is 1.21. The van der Waals surface area contributed by atoms with E-state index in [2.05, 4.69) is 63.6 Å². The first-order valence-corrected chi connectivity index (χ1v) is 6.21. The summed E-state index contributed by atoms with van der Waals surface area (Å²) in [5.74, 6) is 0. The molecule has 0 nitrogen and oxygen atoms in total. The number of hydrogen-bond acceptors (Lipinski definition) is 1. The van der Waals surface area contributed by atoms with Crippen molar-refractivity contribution < 1.29 is 0 Å². The van der Waals surface area contributed by atoms with Crippen LogP contribution in [0, 0.1) is 10.5 Å². The molecule has 0 atom stereocenters. The fourth-order valence-corrected chi connectivity index (χ4v) is 3.90. The standard InChI is InChI=1S/C9H6BrIS/c1-5-2-6-3-7(11)4-8(10)9(6)12-5/h2-4H,1H3. The highest BCUT2D eigenvalue weighted by Crippen LogP contribution is 2.33. The van der Waals surface area contributed by atoms with Crippen molar-refractivity contribution in [1.29, 1.82) is 0 Å². The van der Waals surface area contributed by atoms with Gasteiger partial charge in [0.25, 0.3) is 0 Å². The fraction of sp³-hybridized carbons (Fsp3) is 0.111. The fourth-order valence-electron chi connectivity index (χ4n) is 1.20. The van der Waals surface area contributed by atoms with Crippen LogP contribution in [0.2, 0.25) is 0 Å². The van der Waals surface area contributed by atoms with Crippen LogP contribution < -0.4 is 0 Å². The van der Waals surface area contributed by atoms with Gasteiger partial charge in [-0.25, -0.2) is 0 Å². The van der Waals surface area contributed by atoms with Crippen molar-refractivity contribution in [2.45, 2.75) is 6.92 Å². The Bertz CT molecular complexity index is 433. The van der Waals surface area contributed by atoms with Crippen LogP contribution >= 0.6 is 49.9 Å². The summed E-state index contributed by atoms with van der Waals surface area (Å²) in [4.78, 5) is 1.37. The van der Waals surface area contributed by atoms with Crippen molar-refractivity contribution >= 4 is 59.9 Å². The predicted octanol–water partition coefficient (Wildman–Crippen LogP) is 4.58. The van der Waals surface area contributed by atoms with Gasteiger partial charge in [0.15, 0.2) is 0 Å². The van der Waals surface area contributed by atoms with Gasteiger partial charge in [0.05, 0.1) is 0 Å². The highest BCUT2D eigenvalue weighted by molar-refractivity contribution is 14.1. The first-order valence-electron chi connectivity index (χ1n) is 3.52. The molecule has 12 heavy (non-hydrogen) atoms. The third-order valence-electron chi connectivity index (χ3n) is 1.66. The Morgan fingerprint density at radius 3 is 2.83 bits per heavy atom. The van der Waals surface area contributed by atoms with Gasteiger partial charge in [0, 0.05) is 17.6 Å². The van der Waals surface area contributed by atoms with Crippen LogP contribution in [-0.4, -0.2) is 0 Å². The molecule has 1 heterocycles. The third kappa shape index (κ3) is 1.54. The molecule has 0 unspecified atom stereocenters. The van der Waals surface area contributed by atoms with E-state index < -0.39 is 0 Å². The molecule has 0 aliphatic heterocycles. The second-order valence-electron chi connectivity index (χ2n) is 2.66. The molecule has 62 valence electrons. The molecule has 0 saturated heterocycles. The molecule has 2 rings (SSSR count). The average molecular weight is 353 g/mol. The van der Waals surface area contributed by atoms with E-state index in [4.69, 9.17) is 0 Å². The molecule has 0 saturated carbocycles. The summed E-state index contributed by atoms with van der Waals surface area (Å²) in [6.07, 6.45) is 0. The Morgan fingerprint density at radius 2 is 2.08 bits per heavy atom. The van der Waals surface area contributed by atoms with Gasteiger partial charge in [0.2, 0.25) is 0 Å². The second-order valence-corrected chi connectivity index (χ2v) is 6.02. The van der Waals surface area contributed by atoms with E-state index in [1.807, 2.05) is 11.3 Å². The van der Waals surface area contributed by atoms with Gasteiger partial charge < -0.3 is 0 Å². The van der Waals surface area contributed by atoms with Crippen molar-refractivity contribution in [3.05, 3.63) is 31.1 Å². The smallest absolute Gasteiger partial charge is 0.0488 e. The molecule has 0 amide bonds. The van der Waals surface area contributed by atoms with Gasteiger partial charge in [-0.15, -0.1) is 11.3 Å². The SMILES string of the molecule is Cc1cc2cc(I)cc(Br)c2s1. The highest BCUT2D eigenvalue weighted by atomic mass is 127. The first kappa shape index (κ1) is 8.97. The largest absolute Gasteiger partial charge is 0.139 e. The van der Waals surface area contributed by atoms with Crippen LogP contribution in [0.5, 0.6) is 0 Å². The molecular weight excluding hydrogens is 347 g/mol. The number of hydrogen-bond donors (Lipinski definition) is 0. The molecule has 0 fully saturated rings. The van der Waals surface area contributed by atoms with E-state index in [1.54, 1.807) is 0 Å². The summed E-state index contributed by atoms with van der Waals surface area (Å²) < 4.78 is 3.85. The highest BCUT2D eigenvalue weighted by Gasteiger charge is 2.03. The third-order valence-corrected chi connectivity index (χ3v) is 4.27. The Kier molecular flexibility index (Phi) is 2.44. The number of halogens is 2. The zero-order chi connectivity index (χ0) is 8.72. The Labute approximate surface area is 97.2 Å². The lowest BCUT2D eigenvalue weighted by atomic mass is 10.2. The Hall–Kier alpha value is 0.390. The van der Waals surface area contributed by atoms with Crippen LogP contribution in [0.4, 0.5) is 0 Å². The molecule has 1 aromatic heterocycles. The quantitative estimate of drug-likeness (QED) is 0.609. The summed E-state index contributed by atoms with van der Waals surface area (Å²) in [5, 5.41) is 1.34. The van der Waals surface area contributed by atoms with Crippen LogP contribution in [0.3, 0.4) is 0 Å². The molecule has 1 aromatic carbocycles. The minimum absolute atomic E-state index is 1.21. The van der Waals surface area contributed by atoms with Crippen molar-refractivity contribution in [3.63, 3.8) is 0 Å². The molecular formula is C9H6BrIS. The number of fused-ring (bicyclic) bond motifs is 1. The molecule has 0 aliphatic carbocycles. The zero-order valence-corrected chi connectivity index (χ0v) is 11.0. The normalized spacial score (nSPS) is 10.9. The van der Waals surface area contributed by atoms with E-state index in [0.29, 0.717) is 0 Å². The molecule has 0 N–H and O–H groups in total. The molecule has 0 radical (unpaired) electrons. The van der Waals surface area contributed by atoms with Gasteiger partial charge in [-0.1, -0.05) is 0 Å². The van der Waals surface area contributed by atoms with Crippen molar-refractivity contribution in [2.75, 3.05) is 0 Å². The maximum atomic E-state index is 3.57. The van der Waals surface area contributed by atoms with Crippen molar-refractivity contribution in [3.8, 4) is 0 Å². The summed E-state index contributed by atoms with van der Waals surface area (Å²) in [6, 6.07) is 6.59. The van der Waals surface area contributed by atoms with E-state index in [-0.39, 0.29) is 0 Å². The van der Waals surface area contributed by atoms with Gasteiger partial charge in [-0.2, -0.15) is 0 Å². The zero-order valence-electron chi connectivity index (χ0n) is 6.40. The average Bonchev–Trinajstić information content (AvgIpc) is 2.29. The van der Waals surface area contributed by atoms with Crippen LogP contribution in [0.25, 0.3) is 10.1 Å². The first-order chi connectivity index (χ1) is 5.66. The maximum absolute atomic E-state index is 3.57. The molecule has 0 bridgehead atoms. The maximum Gasteiger partial charge on any atom is 0.0488 e. The van der Waals surface area contributed by atoms with E-state index in [0.717, 1.165) is 0 Å². The van der Waals surface area contributed by atoms with Crippen LogP contribution in [-0.2, 0) is 0 Å². The van der Waals surface area contributed by atoms with Crippen molar-refractivity contribution in [1.82, 2.24) is 0 Å². The van der Waals surface area contributed by atoms with E-state index in [1.165, 1.54) is 23.0 Å². The summed E-state index contributed by atoms with van der Waals surface area (Å²) >= 11 is 7.74. The lowest BCUT2D eigenvalue weighted by molar-refractivity contribution is 1.65. The minimum Gasteiger partial charge on any atom is -0.139 e. The summed E-state index contributed by atoms with van der Waals surface area (Å²) in [5.41, 5.74) is 0. The molecule has 0 aliphatic rings. The lowest BCUT2D eigenvalue weighted by Crippen LogP contribution is -1.70. The van der Waals surface area contributed by atoms with Gasteiger partial charge >= 0.3 is 0 Å². The summed E-state index contributed by atoms with van der Waals surface area (Å²) in [7, 11) is 0. The van der Waals surface area contributed by atoms with Crippen LogP contribution in [0.15, 0.2) is 22.7 Å². The lowest BCUT2D eigenvalue weighted by Gasteiger charge is -1.94. The summed E-state index contributed by atoms with van der Waals surface area (Å²) in [6.45, 7) is 2.14.